The normalized spacial score (nSPS) is 19.3. The van der Waals surface area contributed by atoms with Gasteiger partial charge in [-0.2, -0.15) is 0 Å². The predicted octanol–water partition coefficient (Wildman–Crippen LogP) is 5.31. The monoisotopic (exact) mass is 274 g/mol. The molecule has 2 aliphatic rings. The maximum Gasteiger partial charge on any atom is 0.00332 e. The van der Waals surface area contributed by atoms with E-state index >= 15 is 0 Å². The summed E-state index contributed by atoms with van der Waals surface area (Å²) in [6.45, 7) is 0. The van der Waals surface area contributed by atoms with Crippen molar-refractivity contribution in [1.82, 2.24) is 0 Å². The van der Waals surface area contributed by atoms with Crippen molar-refractivity contribution in [3.05, 3.63) is 76.4 Å². The molecule has 0 N–H and O–H groups in total. The van der Waals surface area contributed by atoms with E-state index in [0.717, 1.165) is 0 Å². The lowest BCUT2D eigenvalue weighted by molar-refractivity contribution is 0.662. The van der Waals surface area contributed by atoms with E-state index in [1.807, 2.05) is 0 Å². The molecular weight excluding hydrogens is 252 g/mol. The van der Waals surface area contributed by atoms with E-state index in [2.05, 4.69) is 54.6 Å². The molecule has 0 radical (unpaired) electrons. The summed E-state index contributed by atoms with van der Waals surface area (Å²) in [7, 11) is 0. The van der Waals surface area contributed by atoms with Gasteiger partial charge in [0.25, 0.3) is 0 Å². The smallest absolute Gasteiger partial charge is 0.00332 e. The van der Waals surface area contributed by atoms with Crippen molar-refractivity contribution in [3.8, 4) is 0 Å². The van der Waals surface area contributed by atoms with Crippen LogP contribution in [-0.4, -0.2) is 0 Å². The highest BCUT2D eigenvalue weighted by atomic mass is 14.3. The molecule has 2 aliphatic carbocycles. The summed E-state index contributed by atoms with van der Waals surface area (Å²) in [4.78, 5) is 0. The molecule has 0 heterocycles. The van der Waals surface area contributed by atoms with E-state index in [-0.39, 0.29) is 0 Å². The fraction of sp³-hybridized carbons (Fsp3) is 0.333. The van der Waals surface area contributed by atoms with Crippen LogP contribution in [-0.2, 0) is 19.3 Å². The Balaban J connectivity index is 1.59. The molecule has 0 saturated carbocycles. The average molecular weight is 274 g/mol. The number of benzene rings is 2. The Hall–Kier alpha value is -1.82. The first-order valence-electron chi connectivity index (χ1n) is 8.28. The molecule has 21 heavy (non-hydrogen) atoms. The van der Waals surface area contributed by atoms with Crippen LogP contribution in [0.5, 0.6) is 0 Å². The number of aryl methyl sites for hydroxylation is 2. The Kier molecular flexibility index (Phi) is 3.39. The summed E-state index contributed by atoms with van der Waals surface area (Å²) < 4.78 is 0. The number of rotatable bonds is 3. The van der Waals surface area contributed by atoms with Crippen LogP contribution in [0.15, 0.2) is 48.5 Å². The molecule has 0 heteroatoms. The number of hydrogen-bond acceptors (Lipinski definition) is 0. The molecule has 0 saturated heterocycles. The Labute approximate surface area is 127 Å². The molecule has 0 bridgehead atoms. The molecule has 106 valence electrons. The van der Waals surface area contributed by atoms with Crippen LogP contribution in [0.4, 0.5) is 0 Å². The third-order valence-electron chi connectivity index (χ3n) is 5.08. The first kappa shape index (κ1) is 12.9. The summed E-state index contributed by atoms with van der Waals surface area (Å²) in [5.74, 6) is 0.633. The van der Waals surface area contributed by atoms with Crippen molar-refractivity contribution in [2.24, 2.45) is 0 Å². The third-order valence-corrected chi connectivity index (χ3v) is 5.08. The molecule has 0 amide bonds. The third kappa shape index (κ3) is 2.44. The van der Waals surface area contributed by atoms with Gasteiger partial charge in [-0.05, 0) is 66.3 Å². The van der Waals surface area contributed by atoms with E-state index in [0.29, 0.717) is 5.92 Å². The van der Waals surface area contributed by atoms with Gasteiger partial charge in [-0.15, -0.1) is 0 Å². The second-order valence-corrected chi connectivity index (χ2v) is 6.40. The van der Waals surface area contributed by atoms with Gasteiger partial charge in [0.15, 0.2) is 0 Å². The lowest BCUT2D eigenvalue weighted by Crippen LogP contribution is -2.09. The van der Waals surface area contributed by atoms with E-state index < -0.39 is 0 Å². The Bertz CT molecular complexity index is 664. The highest BCUT2D eigenvalue weighted by Crippen LogP contribution is 2.39. The van der Waals surface area contributed by atoms with Gasteiger partial charge in [0, 0.05) is 5.92 Å². The van der Waals surface area contributed by atoms with Gasteiger partial charge >= 0.3 is 0 Å². The number of allylic oxidation sites excluding steroid dienone is 1. The maximum absolute atomic E-state index is 2.43. The van der Waals surface area contributed by atoms with Crippen LogP contribution < -0.4 is 0 Å². The highest BCUT2D eigenvalue weighted by molar-refractivity contribution is 5.66. The van der Waals surface area contributed by atoms with Gasteiger partial charge in [-0.25, -0.2) is 0 Å². The van der Waals surface area contributed by atoms with E-state index in [1.165, 1.54) is 49.7 Å². The fourth-order valence-electron chi connectivity index (χ4n) is 3.98. The molecule has 2 aromatic carbocycles. The van der Waals surface area contributed by atoms with Crippen molar-refractivity contribution in [2.45, 2.75) is 44.4 Å². The zero-order valence-corrected chi connectivity index (χ0v) is 12.5. The summed E-state index contributed by atoms with van der Waals surface area (Å²) in [6.07, 6.45) is 12.5. The van der Waals surface area contributed by atoms with Crippen LogP contribution in [0.2, 0.25) is 0 Å². The van der Waals surface area contributed by atoms with Crippen LogP contribution in [0.25, 0.3) is 6.08 Å². The van der Waals surface area contributed by atoms with E-state index in [9.17, 15) is 0 Å². The highest BCUT2D eigenvalue weighted by Gasteiger charge is 2.23. The zero-order valence-electron chi connectivity index (χ0n) is 12.5. The minimum absolute atomic E-state index is 0.633. The van der Waals surface area contributed by atoms with Gasteiger partial charge in [0.2, 0.25) is 0 Å². The Morgan fingerprint density at radius 1 is 0.905 bits per heavy atom. The Morgan fingerprint density at radius 3 is 2.67 bits per heavy atom. The standard InChI is InChI=1S/C21H22/c1-2-6-16(7-3-1)10-11-18-14-15-19-13-12-17-8-4-5-9-20(17)21(18)19/h1-3,6-7,12-15,18H,4-5,8-11H2. The van der Waals surface area contributed by atoms with Crippen molar-refractivity contribution in [3.63, 3.8) is 0 Å². The van der Waals surface area contributed by atoms with Gasteiger partial charge in [-0.3, -0.25) is 0 Å². The molecule has 1 unspecified atom stereocenters. The second kappa shape index (κ2) is 5.52. The molecule has 2 aromatic rings. The summed E-state index contributed by atoms with van der Waals surface area (Å²) in [5, 5.41) is 0. The van der Waals surface area contributed by atoms with Crippen molar-refractivity contribution < 1.29 is 0 Å². The van der Waals surface area contributed by atoms with Crippen molar-refractivity contribution >= 4 is 6.08 Å². The number of fused-ring (bicyclic) bond motifs is 3. The van der Waals surface area contributed by atoms with Crippen molar-refractivity contribution in [2.75, 3.05) is 0 Å². The van der Waals surface area contributed by atoms with Gasteiger partial charge < -0.3 is 0 Å². The van der Waals surface area contributed by atoms with Gasteiger partial charge in [-0.1, -0.05) is 54.6 Å². The zero-order chi connectivity index (χ0) is 14.1. The largest absolute Gasteiger partial charge is 0.0764 e. The quantitative estimate of drug-likeness (QED) is 0.711. The van der Waals surface area contributed by atoms with Crippen molar-refractivity contribution in [1.29, 1.82) is 0 Å². The number of hydrogen-bond donors (Lipinski definition) is 0. The molecule has 0 nitrogen and oxygen atoms in total. The molecule has 4 rings (SSSR count). The predicted molar refractivity (Wildman–Crippen MR) is 89.6 cm³/mol. The fourth-order valence-corrected chi connectivity index (χ4v) is 3.98. The lowest BCUT2D eigenvalue weighted by atomic mass is 9.82. The van der Waals surface area contributed by atoms with Crippen LogP contribution in [0.3, 0.4) is 0 Å². The lowest BCUT2D eigenvalue weighted by Gasteiger charge is -2.23. The minimum Gasteiger partial charge on any atom is -0.0764 e. The van der Waals surface area contributed by atoms with Crippen LogP contribution >= 0.6 is 0 Å². The van der Waals surface area contributed by atoms with E-state index in [4.69, 9.17) is 0 Å². The first-order chi connectivity index (χ1) is 10.4. The molecule has 0 aliphatic heterocycles. The SMILES string of the molecule is C1=CC(CCc2ccccc2)c2c1ccc1c2CCCC1. The Morgan fingerprint density at radius 2 is 1.76 bits per heavy atom. The topological polar surface area (TPSA) is 0 Å². The summed E-state index contributed by atoms with van der Waals surface area (Å²) in [5.41, 5.74) is 7.90. The van der Waals surface area contributed by atoms with E-state index in [1.54, 1.807) is 16.7 Å². The van der Waals surface area contributed by atoms with Crippen LogP contribution in [0.1, 0.15) is 53.0 Å². The second-order valence-electron chi connectivity index (χ2n) is 6.40. The van der Waals surface area contributed by atoms with Gasteiger partial charge in [0.05, 0.1) is 0 Å². The molecule has 0 fully saturated rings. The first-order valence-corrected chi connectivity index (χ1v) is 8.28. The molecular formula is C21H22. The maximum atomic E-state index is 2.43. The molecule has 0 spiro atoms. The average Bonchev–Trinajstić information content (AvgIpc) is 2.97. The summed E-state index contributed by atoms with van der Waals surface area (Å²) in [6, 6.07) is 15.6. The van der Waals surface area contributed by atoms with Gasteiger partial charge in [0.1, 0.15) is 0 Å². The van der Waals surface area contributed by atoms with Crippen LogP contribution in [0, 0.1) is 0 Å². The minimum atomic E-state index is 0.633. The summed E-state index contributed by atoms with van der Waals surface area (Å²) >= 11 is 0. The molecule has 0 aromatic heterocycles. The molecule has 1 atom stereocenters.